The number of rotatable bonds is 8. The van der Waals surface area contributed by atoms with Crippen molar-refractivity contribution in [3.8, 4) is 22.6 Å². The first-order valence-electron chi connectivity index (χ1n) is 12.9. The van der Waals surface area contributed by atoms with Gasteiger partial charge < -0.3 is 20.1 Å². The first kappa shape index (κ1) is 26.9. The SMILES string of the molecule is COc1cc(C)c(-c2cccnc2C(Cc2cc(F)cc(F)c2)NC(=O)Cc2c[nH]c3ccc(O)cc23)c(C)c1. The van der Waals surface area contributed by atoms with Gasteiger partial charge in [-0.1, -0.05) is 6.07 Å². The summed E-state index contributed by atoms with van der Waals surface area (Å²) in [5, 5.41) is 13.7. The normalized spacial score (nSPS) is 11.9. The fraction of sp³-hybridized carbons (Fsp3) is 0.188. The van der Waals surface area contributed by atoms with E-state index in [4.69, 9.17) is 4.74 Å². The van der Waals surface area contributed by atoms with Gasteiger partial charge in [-0.15, -0.1) is 0 Å². The Bertz CT molecular complexity index is 1670. The lowest BCUT2D eigenvalue weighted by Gasteiger charge is -2.23. The van der Waals surface area contributed by atoms with E-state index in [1.54, 1.807) is 37.7 Å². The number of hydrogen-bond acceptors (Lipinski definition) is 4. The van der Waals surface area contributed by atoms with Crippen molar-refractivity contribution in [1.82, 2.24) is 15.3 Å². The molecule has 8 heteroatoms. The Kier molecular flexibility index (Phi) is 7.51. The summed E-state index contributed by atoms with van der Waals surface area (Å²) >= 11 is 0. The second-order valence-corrected chi connectivity index (χ2v) is 9.89. The quantitative estimate of drug-likeness (QED) is 0.210. The number of hydrogen-bond donors (Lipinski definition) is 3. The number of aromatic nitrogens is 2. The molecular formula is C32H29F2N3O3. The topological polar surface area (TPSA) is 87.2 Å². The van der Waals surface area contributed by atoms with Gasteiger partial charge in [0.05, 0.1) is 25.3 Å². The van der Waals surface area contributed by atoms with Crippen LogP contribution in [0.25, 0.3) is 22.0 Å². The predicted molar refractivity (Wildman–Crippen MR) is 150 cm³/mol. The number of H-pyrrole nitrogens is 1. The van der Waals surface area contributed by atoms with Gasteiger partial charge >= 0.3 is 0 Å². The lowest BCUT2D eigenvalue weighted by atomic mass is 9.90. The Labute approximate surface area is 230 Å². The van der Waals surface area contributed by atoms with Crippen LogP contribution in [-0.2, 0) is 17.6 Å². The van der Waals surface area contributed by atoms with Gasteiger partial charge in [-0.25, -0.2) is 8.78 Å². The van der Waals surface area contributed by atoms with Gasteiger partial charge in [-0.05, 0) is 96.6 Å². The number of pyridine rings is 1. The molecule has 6 nitrogen and oxygen atoms in total. The van der Waals surface area contributed by atoms with E-state index in [2.05, 4.69) is 15.3 Å². The molecule has 1 atom stereocenters. The molecule has 0 saturated heterocycles. The van der Waals surface area contributed by atoms with E-state index in [9.17, 15) is 18.7 Å². The molecule has 0 saturated carbocycles. The van der Waals surface area contributed by atoms with E-state index < -0.39 is 17.7 Å². The Hall–Kier alpha value is -4.72. The van der Waals surface area contributed by atoms with Gasteiger partial charge in [-0.3, -0.25) is 9.78 Å². The van der Waals surface area contributed by atoms with Crippen LogP contribution in [0, 0.1) is 25.5 Å². The van der Waals surface area contributed by atoms with Crippen molar-refractivity contribution in [3.05, 3.63) is 113 Å². The van der Waals surface area contributed by atoms with Crippen molar-refractivity contribution in [1.29, 1.82) is 0 Å². The molecular weight excluding hydrogens is 512 g/mol. The second-order valence-electron chi connectivity index (χ2n) is 9.89. The molecule has 2 aromatic heterocycles. The van der Waals surface area contributed by atoms with E-state index >= 15 is 0 Å². The van der Waals surface area contributed by atoms with E-state index in [0.717, 1.165) is 45.0 Å². The second kappa shape index (κ2) is 11.2. The number of aromatic hydroxyl groups is 1. The van der Waals surface area contributed by atoms with Crippen LogP contribution in [0.15, 0.2) is 73.1 Å². The number of nitrogens with one attached hydrogen (secondary N) is 2. The summed E-state index contributed by atoms with van der Waals surface area (Å²) in [6.07, 6.45) is 3.52. The summed E-state index contributed by atoms with van der Waals surface area (Å²) in [4.78, 5) is 21.2. The number of aromatic amines is 1. The highest BCUT2D eigenvalue weighted by molar-refractivity contribution is 5.90. The van der Waals surface area contributed by atoms with Gasteiger partial charge in [0.15, 0.2) is 0 Å². The van der Waals surface area contributed by atoms with Gasteiger partial charge in [0, 0.05) is 34.9 Å². The number of ether oxygens (including phenoxy) is 1. The van der Waals surface area contributed by atoms with Crippen LogP contribution >= 0.6 is 0 Å². The highest BCUT2D eigenvalue weighted by Crippen LogP contribution is 2.35. The fourth-order valence-electron chi connectivity index (χ4n) is 5.28. The fourth-order valence-corrected chi connectivity index (χ4v) is 5.28. The molecule has 0 aliphatic carbocycles. The zero-order valence-corrected chi connectivity index (χ0v) is 22.4. The lowest BCUT2D eigenvalue weighted by Crippen LogP contribution is -2.32. The molecule has 0 aliphatic heterocycles. The molecule has 0 bridgehead atoms. The Morgan fingerprint density at radius 1 is 1.05 bits per heavy atom. The van der Waals surface area contributed by atoms with E-state index in [1.807, 2.05) is 38.1 Å². The molecule has 5 rings (SSSR count). The third-order valence-electron chi connectivity index (χ3n) is 6.98. The van der Waals surface area contributed by atoms with Gasteiger partial charge in [0.25, 0.3) is 0 Å². The van der Waals surface area contributed by atoms with Gasteiger partial charge in [0.2, 0.25) is 5.91 Å². The van der Waals surface area contributed by atoms with Crippen molar-refractivity contribution < 1.29 is 23.4 Å². The third kappa shape index (κ3) is 5.66. The average molecular weight is 542 g/mol. The molecule has 1 amide bonds. The van der Waals surface area contributed by atoms with E-state index in [1.165, 1.54) is 12.1 Å². The van der Waals surface area contributed by atoms with Crippen molar-refractivity contribution in [2.75, 3.05) is 7.11 Å². The Balaban J connectivity index is 1.54. The van der Waals surface area contributed by atoms with Crippen LogP contribution in [0.1, 0.15) is 34.0 Å². The van der Waals surface area contributed by atoms with Crippen molar-refractivity contribution in [3.63, 3.8) is 0 Å². The summed E-state index contributed by atoms with van der Waals surface area (Å²) in [7, 11) is 1.61. The number of amides is 1. The summed E-state index contributed by atoms with van der Waals surface area (Å²) in [6.45, 7) is 3.95. The smallest absolute Gasteiger partial charge is 0.225 e. The number of methoxy groups -OCH3 is 1. The van der Waals surface area contributed by atoms with Crippen LogP contribution in [0.5, 0.6) is 11.5 Å². The molecule has 0 spiro atoms. The summed E-state index contributed by atoms with van der Waals surface area (Å²) in [5.74, 6) is -0.855. The minimum absolute atomic E-state index is 0.0280. The van der Waals surface area contributed by atoms with Gasteiger partial charge in [-0.2, -0.15) is 0 Å². The summed E-state index contributed by atoms with van der Waals surface area (Å²) in [6, 6.07) is 15.2. The third-order valence-corrected chi connectivity index (χ3v) is 6.98. The first-order valence-corrected chi connectivity index (χ1v) is 12.9. The maximum atomic E-state index is 14.1. The Morgan fingerprint density at radius 2 is 1.77 bits per heavy atom. The molecule has 3 aromatic carbocycles. The minimum Gasteiger partial charge on any atom is -0.508 e. The minimum atomic E-state index is -0.693. The van der Waals surface area contributed by atoms with Crippen molar-refractivity contribution in [2.45, 2.75) is 32.7 Å². The largest absolute Gasteiger partial charge is 0.508 e. The van der Waals surface area contributed by atoms with E-state index in [0.29, 0.717) is 16.8 Å². The molecule has 0 radical (unpaired) electrons. The van der Waals surface area contributed by atoms with Crippen LogP contribution in [0.3, 0.4) is 0 Å². The zero-order chi connectivity index (χ0) is 28.4. The molecule has 0 fully saturated rings. The highest BCUT2D eigenvalue weighted by Gasteiger charge is 2.24. The molecule has 0 aliphatic rings. The lowest BCUT2D eigenvalue weighted by molar-refractivity contribution is -0.121. The Morgan fingerprint density at radius 3 is 2.48 bits per heavy atom. The van der Waals surface area contributed by atoms with Crippen LogP contribution in [-0.4, -0.2) is 28.1 Å². The number of carbonyl (C=O) groups excluding carboxylic acids is 1. The van der Waals surface area contributed by atoms with Gasteiger partial charge in [0.1, 0.15) is 23.1 Å². The van der Waals surface area contributed by atoms with E-state index in [-0.39, 0.29) is 24.5 Å². The number of phenols is 1. The molecule has 5 aromatic rings. The molecule has 1 unspecified atom stereocenters. The molecule has 3 N–H and O–H groups in total. The number of fused-ring (bicyclic) bond motifs is 1. The number of halogens is 2. The number of phenolic OH excluding ortho intramolecular Hbond substituents is 1. The highest BCUT2D eigenvalue weighted by atomic mass is 19.1. The van der Waals surface area contributed by atoms with Crippen LogP contribution < -0.4 is 10.1 Å². The standard InChI is InChI=1S/C32H29F2N3O3/c1-18-9-25(40-3)10-19(2)31(18)26-5-4-8-35-32(26)29(13-20-11-22(33)15-23(34)12-20)37-30(39)14-21-17-36-28-7-6-24(38)16-27(21)28/h4-12,15-17,29,36,38H,13-14H2,1-3H3,(H,37,39). The first-order chi connectivity index (χ1) is 19.2. The number of benzene rings is 3. The van der Waals surface area contributed by atoms with Crippen molar-refractivity contribution in [2.24, 2.45) is 0 Å². The maximum absolute atomic E-state index is 14.1. The number of aryl methyl sites for hydroxylation is 2. The van der Waals surface area contributed by atoms with Crippen LogP contribution in [0.4, 0.5) is 8.78 Å². The predicted octanol–water partition coefficient (Wildman–Crippen LogP) is 6.48. The van der Waals surface area contributed by atoms with Crippen molar-refractivity contribution >= 4 is 16.8 Å². The summed E-state index contributed by atoms with van der Waals surface area (Å²) < 4.78 is 33.7. The zero-order valence-electron chi connectivity index (χ0n) is 22.4. The number of nitrogens with zero attached hydrogens (tertiary/aromatic N) is 1. The maximum Gasteiger partial charge on any atom is 0.225 e. The monoisotopic (exact) mass is 541 g/mol. The molecule has 40 heavy (non-hydrogen) atoms. The summed E-state index contributed by atoms with van der Waals surface area (Å²) in [5.41, 5.74) is 6.15. The number of carbonyl (C=O) groups is 1. The molecule has 204 valence electrons. The molecule has 2 heterocycles. The average Bonchev–Trinajstić information content (AvgIpc) is 3.29. The van der Waals surface area contributed by atoms with Crippen LogP contribution in [0.2, 0.25) is 0 Å².